The zero-order valence-corrected chi connectivity index (χ0v) is 24.1. The minimum Gasteiger partial charge on any atom is -0.726 e. The van der Waals surface area contributed by atoms with Crippen molar-refractivity contribution in [3.8, 4) is 0 Å². The highest BCUT2D eigenvalue weighted by molar-refractivity contribution is 7.80. The molecule has 0 bridgehead atoms. The van der Waals surface area contributed by atoms with Gasteiger partial charge in [0.2, 0.25) is 10.4 Å². The molecule has 1 rings (SSSR count). The molecule has 0 aromatic rings. The number of aliphatic hydroxyl groups excluding tert-OH is 1. The molecule has 0 amide bonds. The van der Waals surface area contributed by atoms with E-state index >= 15 is 0 Å². The average Bonchev–Trinajstić information content (AvgIpc) is 3.19. The Morgan fingerprint density at radius 1 is 0.914 bits per heavy atom. The summed E-state index contributed by atoms with van der Waals surface area (Å²) >= 11 is 0. The van der Waals surface area contributed by atoms with Gasteiger partial charge in [-0.1, -0.05) is 97.3 Å². The molecule has 0 aliphatic carbocycles. The molecule has 0 saturated carbocycles. The first-order valence-electron chi connectivity index (χ1n) is 14.3. The van der Waals surface area contributed by atoms with Crippen molar-refractivity contribution >= 4 is 16.2 Å². The lowest BCUT2D eigenvalue weighted by atomic mass is 10.0. The number of amidine groups is 1. The second-order valence-electron chi connectivity index (χ2n) is 10.3. The van der Waals surface area contributed by atoms with Crippen molar-refractivity contribution in [2.24, 2.45) is 10.9 Å². The average molecular weight is 521 g/mol. The van der Waals surface area contributed by atoms with Crippen molar-refractivity contribution in [3.05, 3.63) is 0 Å². The number of rotatable bonds is 21. The number of hydrogen-bond donors (Lipinski definition) is 1. The van der Waals surface area contributed by atoms with Crippen molar-refractivity contribution in [1.29, 1.82) is 0 Å². The van der Waals surface area contributed by atoms with E-state index in [2.05, 4.69) is 25.0 Å². The SMILES string of the molecule is CCOS(=O)(=O)[O-].CC[N+]1(CCO)CCN=C1CCCCCCCCCCCCCCCC(C)C. The number of unbranched alkanes of at least 4 members (excludes halogenated alkanes) is 12. The van der Waals surface area contributed by atoms with Gasteiger partial charge in [0.05, 0.1) is 26.3 Å². The maximum atomic E-state index is 9.45. The molecule has 0 spiro atoms. The Labute approximate surface area is 217 Å². The quantitative estimate of drug-likeness (QED) is 0.0838. The van der Waals surface area contributed by atoms with E-state index in [1.807, 2.05) is 0 Å². The van der Waals surface area contributed by atoms with Gasteiger partial charge in [-0.3, -0.25) is 8.67 Å². The summed E-state index contributed by atoms with van der Waals surface area (Å²) in [5.74, 6) is 2.24. The van der Waals surface area contributed by atoms with Crippen LogP contribution in [0.1, 0.15) is 124 Å². The monoisotopic (exact) mass is 520 g/mol. The Morgan fingerprint density at radius 2 is 1.40 bits per heavy atom. The Balaban J connectivity index is 0.00000143. The summed E-state index contributed by atoms with van der Waals surface area (Å²) in [5, 5.41) is 9.38. The van der Waals surface area contributed by atoms with Crippen molar-refractivity contribution in [1.82, 2.24) is 0 Å². The van der Waals surface area contributed by atoms with E-state index in [-0.39, 0.29) is 13.2 Å². The highest BCUT2D eigenvalue weighted by Crippen LogP contribution is 2.20. The van der Waals surface area contributed by atoms with Gasteiger partial charge in [0, 0.05) is 6.42 Å². The van der Waals surface area contributed by atoms with Crippen LogP contribution in [0, 0.1) is 5.92 Å². The summed E-state index contributed by atoms with van der Waals surface area (Å²) in [7, 11) is -4.42. The normalized spacial score (nSPS) is 18.0. The van der Waals surface area contributed by atoms with Crippen LogP contribution in [0.4, 0.5) is 0 Å². The van der Waals surface area contributed by atoms with Crippen LogP contribution in [-0.2, 0) is 14.6 Å². The maximum Gasteiger partial charge on any atom is 0.217 e. The molecule has 1 aliphatic rings. The number of quaternary nitrogens is 1. The highest BCUT2D eigenvalue weighted by atomic mass is 32.3. The number of aliphatic hydroxyl groups is 1. The van der Waals surface area contributed by atoms with E-state index in [9.17, 15) is 18.1 Å². The first-order valence-corrected chi connectivity index (χ1v) is 15.6. The Kier molecular flexibility index (Phi) is 21.2. The molecule has 1 heterocycles. The third-order valence-corrected chi connectivity index (χ3v) is 7.47. The standard InChI is InChI=1S/C25H51N2O.C2H6O4S/c1-4-27(22-23-28)21-20-26-25(27)19-17-15-13-11-9-7-5-6-8-10-12-14-16-18-24(2)3;1-2-6-7(3,4)5/h24,28H,4-23H2,1-3H3;2H2,1H3,(H,3,4,5)/q+1;/p-1. The van der Waals surface area contributed by atoms with Gasteiger partial charge in [-0.05, 0) is 26.2 Å². The van der Waals surface area contributed by atoms with Crippen LogP contribution in [0.2, 0.25) is 0 Å². The van der Waals surface area contributed by atoms with Gasteiger partial charge in [0.25, 0.3) is 0 Å². The topological polar surface area (TPSA) is 99.0 Å². The Bertz CT molecular complexity index is 625. The summed E-state index contributed by atoms with van der Waals surface area (Å²) in [6, 6.07) is 0. The third kappa shape index (κ3) is 19.3. The lowest BCUT2D eigenvalue weighted by Gasteiger charge is -2.33. The van der Waals surface area contributed by atoms with Crippen LogP contribution in [-0.4, -0.2) is 67.8 Å². The smallest absolute Gasteiger partial charge is 0.217 e. The van der Waals surface area contributed by atoms with Gasteiger partial charge >= 0.3 is 0 Å². The maximum absolute atomic E-state index is 9.45. The van der Waals surface area contributed by atoms with E-state index in [1.54, 1.807) is 0 Å². The molecule has 0 aromatic heterocycles. The van der Waals surface area contributed by atoms with Gasteiger partial charge in [-0.25, -0.2) is 13.4 Å². The minimum absolute atomic E-state index is 0.0914. The fraction of sp³-hybridized carbons (Fsp3) is 0.963. The van der Waals surface area contributed by atoms with Crippen molar-refractivity contribution in [3.63, 3.8) is 0 Å². The fourth-order valence-corrected chi connectivity index (χ4v) is 5.11. The molecular weight excluding hydrogens is 464 g/mol. The van der Waals surface area contributed by atoms with Crippen LogP contribution in [0.15, 0.2) is 4.99 Å². The first kappa shape index (κ1) is 34.5. The Hall–Kier alpha value is -0.540. The van der Waals surface area contributed by atoms with Crippen molar-refractivity contribution in [2.45, 2.75) is 124 Å². The summed E-state index contributed by atoms with van der Waals surface area (Å²) in [6.45, 7) is 12.5. The predicted octanol–water partition coefficient (Wildman–Crippen LogP) is 6.22. The van der Waals surface area contributed by atoms with Gasteiger partial charge in [0.15, 0.2) is 5.84 Å². The van der Waals surface area contributed by atoms with E-state index in [1.165, 1.54) is 103 Å². The van der Waals surface area contributed by atoms with Crippen molar-refractivity contribution in [2.75, 3.05) is 39.4 Å². The highest BCUT2D eigenvalue weighted by Gasteiger charge is 2.35. The molecule has 0 radical (unpaired) electrons. The number of likely N-dealkylation sites (N-methyl/N-ethyl adjacent to an activating group) is 1. The Morgan fingerprint density at radius 3 is 1.77 bits per heavy atom. The van der Waals surface area contributed by atoms with Crippen LogP contribution in [0.25, 0.3) is 0 Å². The number of aliphatic imine (C=N–C) groups is 1. The van der Waals surface area contributed by atoms with Crippen molar-refractivity contribution < 1.29 is 26.7 Å². The van der Waals surface area contributed by atoms with Gasteiger partial charge in [-0.2, -0.15) is 0 Å². The molecule has 1 aliphatic heterocycles. The number of nitrogens with zero attached hydrogens (tertiary/aromatic N) is 2. The third-order valence-electron chi connectivity index (χ3n) is 6.95. The zero-order chi connectivity index (χ0) is 26.4. The first-order chi connectivity index (χ1) is 16.7. The van der Waals surface area contributed by atoms with E-state index in [0.717, 1.165) is 43.0 Å². The number of hydrogen-bond acceptors (Lipinski definition) is 6. The molecule has 0 saturated heterocycles. The summed E-state index contributed by atoms with van der Waals surface area (Å²) in [4.78, 5) is 4.76. The lowest BCUT2D eigenvalue weighted by molar-refractivity contribution is -0.835. The summed E-state index contributed by atoms with van der Waals surface area (Å²) < 4.78 is 33.0. The lowest BCUT2D eigenvalue weighted by Crippen LogP contribution is -2.52. The fourth-order valence-electron chi connectivity index (χ4n) is 4.82. The second-order valence-corrected chi connectivity index (χ2v) is 11.3. The van der Waals surface area contributed by atoms with Crippen LogP contribution < -0.4 is 0 Å². The molecule has 1 N–H and O–H groups in total. The van der Waals surface area contributed by atoms with E-state index in [4.69, 9.17) is 4.99 Å². The van der Waals surface area contributed by atoms with Crippen LogP contribution >= 0.6 is 0 Å². The van der Waals surface area contributed by atoms with E-state index in [0.29, 0.717) is 0 Å². The molecule has 1 atom stereocenters. The molecule has 1 unspecified atom stereocenters. The summed E-state index contributed by atoms with van der Waals surface area (Å²) in [6.07, 6.45) is 21.0. The molecule has 210 valence electrons. The molecule has 35 heavy (non-hydrogen) atoms. The van der Waals surface area contributed by atoms with E-state index < -0.39 is 10.4 Å². The minimum atomic E-state index is -4.42. The second kappa shape index (κ2) is 21.5. The molecule has 0 fully saturated rings. The van der Waals surface area contributed by atoms with Gasteiger partial charge < -0.3 is 9.66 Å². The zero-order valence-electron chi connectivity index (χ0n) is 23.3. The molecule has 7 nitrogen and oxygen atoms in total. The van der Waals surface area contributed by atoms with Gasteiger partial charge in [0.1, 0.15) is 13.1 Å². The van der Waals surface area contributed by atoms with Crippen LogP contribution in [0.3, 0.4) is 0 Å². The predicted molar refractivity (Wildman–Crippen MR) is 145 cm³/mol. The molecule has 0 aromatic carbocycles. The largest absolute Gasteiger partial charge is 0.726 e. The van der Waals surface area contributed by atoms with Gasteiger partial charge in [-0.15, -0.1) is 0 Å². The molecule has 8 heteroatoms. The molecular formula is C27H56N2O5S. The van der Waals surface area contributed by atoms with Crippen LogP contribution in [0.5, 0.6) is 0 Å². The summed E-state index contributed by atoms with van der Waals surface area (Å²) in [5.41, 5.74) is 0.